The Bertz CT molecular complexity index is 1030. The minimum atomic E-state index is -0.396. The van der Waals surface area contributed by atoms with Crippen LogP contribution in [0.1, 0.15) is 28.6 Å². The highest BCUT2D eigenvalue weighted by atomic mass is 79.9. The molecule has 0 spiro atoms. The highest BCUT2D eigenvalue weighted by Gasteiger charge is 2.37. The number of halogens is 1. The molecule has 0 fully saturated rings. The van der Waals surface area contributed by atoms with E-state index < -0.39 is 5.25 Å². The van der Waals surface area contributed by atoms with Crippen LogP contribution in [0.15, 0.2) is 52.1 Å². The number of nitrogens with one attached hydrogen (secondary N) is 2. The summed E-state index contributed by atoms with van der Waals surface area (Å²) >= 11 is 4.95. The number of aromatic nitrogens is 3. The van der Waals surface area contributed by atoms with Crippen LogP contribution in [0.4, 0.5) is 5.69 Å². The number of thioether (sulfide) groups is 1. The zero-order chi connectivity index (χ0) is 19.8. The number of rotatable bonds is 3. The molecule has 1 aliphatic heterocycles. The summed E-state index contributed by atoms with van der Waals surface area (Å²) in [7, 11) is 0. The van der Waals surface area contributed by atoms with Crippen molar-refractivity contribution in [3.63, 3.8) is 0 Å². The summed E-state index contributed by atoms with van der Waals surface area (Å²) in [6.07, 6.45) is 0. The molecule has 1 amide bonds. The third-order valence-electron chi connectivity index (χ3n) is 4.68. The minimum absolute atomic E-state index is 0.0838. The lowest BCUT2D eigenvalue weighted by atomic mass is 10.0. The van der Waals surface area contributed by atoms with Crippen LogP contribution in [0, 0.1) is 20.8 Å². The summed E-state index contributed by atoms with van der Waals surface area (Å²) in [5.41, 5.74) is 7.52. The van der Waals surface area contributed by atoms with Crippen molar-refractivity contribution in [3.05, 3.63) is 69.5 Å². The molecule has 8 heteroatoms. The Labute approximate surface area is 176 Å². The molecule has 0 radical (unpaired) electrons. The van der Waals surface area contributed by atoms with Crippen LogP contribution in [-0.4, -0.2) is 26.0 Å². The molecule has 2 aromatic carbocycles. The monoisotopic (exact) mass is 457 g/mol. The molecular weight excluding hydrogens is 438 g/mol. The highest BCUT2D eigenvalue weighted by molar-refractivity contribution is 9.10. The lowest BCUT2D eigenvalue weighted by Gasteiger charge is -2.32. The Balaban J connectivity index is 1.67. The molecule has 6 nitrogen and oxygen atoms in total. The number of hydrogen-bond acceptors (Lipinski definition) is 5. The average molecular weight is 458 g/mol. The number of carbonyl (C=O) groups is 1. The van der Waals surface area contributed by atoms with Gasteiger partial charge in [-0.15, -0.1) is 10.2 Å². The fraction of sp³-hybridized carbons (Fsp3) is 0.250. The van der Waals surface area contributed by atoms with Crippen LogP contribution in [0.3, 0.4) is 0 Å². The van der Waals surface area contributed by atoms with E-state index in [0.717, 1.165) is 27.1 Å². The first-order chi connectivity index (χ1) is 13.4. The summed E-state index contributed by atoms with van der Waals surface area (Å²) < 4.78 is 2.71. The molecule has 144 valence electrons. The zero-order valence-corrected chi connectivity index (χ0v) is 18.1. The largest absolute Gasteiger partial charge is 0.324 e. The fourth-order valence-electron chi connectivity index (χ4n) is 3.11. The third kappa shape index (κ3) is 3.66. The first kappa shape index (κ1) is 19.0. The lowest BCUT2D eigenvalue weighted by Crippen LogP contribution is -2.41. The van der Waals surface area contributed by atoms with Gasteiger partial charge in [-0.2, -0.15) is 0 Å². The second kappa shape index (κ2) is 7.60. The van der Waals surface area contributed by atoms with E-state index in [0.29, 0.717) is 5.16 Å². The molecule has 2 heterocycles. The quantitative estimate of drug-likeness (QED) is 0.610. The van der Waals surface area contributed by atoms with Gasteiger partial charge in [-0.25, -0.2) is 4.68 Å². The summed E-state index contributed by atoms with van der Waals surface area (Å²) in [6.45, 7) is 5.95. The number of anilines is 1. The third-order valence-corrected chi connectivity index (χ3v) is 6.55. The maximum Gasteiger partial charge on any atom is 0.240 e. The predicted molar refractivity (Wildman–Crippen MR) is 115 cm³/mol. The minimum Gasteiger partial charge on any atom is -0.324 e. The van der Waals surface area contributed by atoms with E-state index in [2.05, 4.69) is 61.1 Å². The van der Waals surface area contributed by atoms with E-state index >= 15 is 0 Å². The fourth-order valence-corrected chi connectivity index (χ4v) is 4.83. The predicted octanol–water partition coefficient (Wildman–Crippen LogP) is 4.36. The second-order valence-corrected chi connectivity index (χ2v) is 8.86. The van der Waals surface area contributed by atoms with E-state index in [1.54, 1.807) is 0 Å². The number of fused-ring (bicyclic) bond motifs is 1. The van der Waals surface area contributed by atoms with Gasteiger partial charge in [0.2, 0.25) is 11.1 Å². The van der Waals surface area contributed by atoms with Gasteiger partial charge in [-0.05, 0) is 60.0 Å². The van der Waals surface area contributed by atoms with Crippen molar-refractivity contribution in [2.45, 2.75) is 37.2 Å². The molecule has 2 N–H and O–H groups in total. The van der Waals surface area contributed by atoms with Gasteiger partial charge in [-0.3, -0.25) is 4.79 Å². The molecule has 2 atom stereocenters. The van der Waals surface area contributed by atoms with Gasteiger partial charge in [-0.1, -0.05) is 47.7 Å². The Hall–Kier alpha value is -2.32. The van der Waals surface area contributed by atoms with Crippen molar-refractivity contribution in [2.24, 2.45) is 0 Å². The van der Waals surface area contributed by atoms with Gasteiger partial charge in [0.05, 0.1) is 11.7 Å². The number of carbonyl (C=O) groups excluding carboxylic acids is 1. The Kier molecular flexibility index (Phi) is 5.16. The first-order valence-corrected chi connectivity index (χ1v) is 10.6. The molecule has 0 bridgehead atoms. The van der Waals surface area contributed by atoms with Crippen molar-refractivity contribution in [2.75, 3.05) is 10.7 Å². The van der Waals surface area contributed by atoms with Gasteiger partial charge in [0.1, 0.15) is 11.1 Å². The maximum atomic E-state index is 13.2. The van der Waals surface area contributed by atoms with Crippen molar-refractivity contribution in [1.82, 2.24) is 14.9 Å². The molecular formula is C20H20BrN5OS. The molecule has 28 heavy (non-hydrogen) atoms. The summed E-state index contributed by atoms with van der Waals surface area (Å²) in [4.78, 5) is 13.2. The van der Waals surface area contributed by atoms with Gasteiger partial charge in [0.25, 0.3) is 0 Å². The zero-order valence-electron chi connectivity index (χ0n) is 15.7. The molecule has 0 saturated heterocycles. The van der Waals surface area contributed by atoms with Crippen LogP contribution >= 0.6 is 27.7 Å². The summed E-state index contributed by atoms with van der Waals surface area (Å²) in [6, 6.07) is 13.9. The lowest BCUT2D eigenvalue weighted by molar-refractivity contribution is -0.116. The van der Waals surface area contributed by atoms with Crippen LogP contribution in [0.2, 0.25) is 0 Å². The molecule has 1 aromatic heterocycles. The van der Waals surface area contributed by atoms with E-state index in [1.165, 1.54) is 17.3 Å². The number of nitrogens with zero attached hydrogens (tertiary/aromatic N) is 3. The Morgan fingerprint density at radius 3 is 2.54 bits per heavy atom. The average Bonchev–Trinajstić information content (AvgIpc) is 3.04. The number of amides is 1. The van der Waals surface area contributed by atoms with Crippen molar-refractivity contribution >= 4 is 39.3 Å². The van der Waals surface area contributed by atoms with E-state index in [9.17, 15) is 4.79 Å². The molecule has 4 rings (SSSR count). The molecule has 1 aliphatic rings. The van der Waals surface area contributed by atoms with Crippen molar-refractivity contribution < 1.29 is 4.79 Å². The highest BCUT2D eigenvalue weighted by Crippen LogP contribution is 2.38. The molecule has 0 saturated carbocycles. The van der Waals surface area contributed by atoms with Gasteiger partial charge >= 0.3 is 0 Å². The van der Waals surface area contributed by atoms with Crippen LogP contribution in [0.5, 0.6) is 0 Å². The standard InChI is InChI=1S/C20H20BrN5OS/c1-11-4-7-14(8-5-11)17-18(28-20-24-23-13(3)26(20)25-17)19(27)22-16-9-6-12(2)10-15(16)21/h4-10,17-18,25H,1-3H3,(H,22,27)/t17-,18-/m1/s1. The number of hydrogen-bond donors (Lipinski definition) is 2. The summed E-state index contributed by atoms with van der Waals surface area (Å²) in [5, 5.41) is 11.7. The van der Waals surface area contributed by atoms with E-state index in [1.807, 2.05) is 43.6 Å². The van der Waals surface area contributed by atoms with Crippen molar-refractivity contribution in [3.8, 4) is 0 Å². The first-order valence-electron chi connectivity index (χ1n) is 8.91. The van der Waals surface area contributed by atoms with Gasteiger partial charge in [0, 0.05) is 4.47 Å². The maximum absolute atomic E-state index is 13.2. The molecule has 3 aromatic rings. The van der Waals surface area contributed by atoms with Crippen LogP contribution in [-0.2, 0) is 4.79 Å². The normalized spacial score (nSPS) is 18.3. The van der Waals surface area contributed by atoms with Crippen LogP contribution < -0.4 is 10.7 Å². The van der Waals surface area contributed by atoms with Crippen LogP contribution in [0.25, 0.3) is 0 Å². The second-order valence-electron chi connectivity index (χ2n) is 6.89. The Morgan fingerprint density at radius 2 is 1.82 bits per heavy atom. The summed E-state index contributed by atoms with van der Waals surface area (Å²) in [5.74, 6) is 0.680. The van der Waals surface area contributed by atoms with Crippen molar-refractivity contribution in [1.29, 1.82) is 0 Å². The smallest absolute Gasteiger partial charge is 0.240 e. The SMILES string of the molecule is Cc1ccc([C@H]2Nn3c(C)nnc3S[C@H]2C(=O)Nc2ccc(C)cc2Br)cc1. The van der Waals surface area contributed by atoms with E-state index in [4.69, 9.17) is 0 Å². The number of aryl methyl sites for hydroxylation is 3. The topological polar surface area (TPSA) is 71.8 Å². The van der Waals surface area contributed by atoms with Gasteiger partial charge in [0.15, 0.2) is 0 Å². The van der Waals surface area contributed by atoms with E-state index in [-0.39, 0.29) is 11.9 Å². The number of benzene rings is 2. The van der Waals surface area contributed by atoms with Gasteiger partial charge < -0.3 is 10.7 Å². The Morgan fingerprint density at radius 1 is 1.11 bits per heavy atom. The molecule has 0 aliphatic carbocycles. The molecule has 0 unspecified atom stereocenters.